The van der Waals surface area contributed by atoms with Gasteiger partial charge >= 0.3 is 6.09 Å². The molecule has 0 unspecified atom stereocenters. The van der Waals surface area contributed by atoms with Crippen molar-refractivity contribution in [2.45, 2.75) is 31.7 Å². The number of piperidine rings is 1. The Labute approximate surface area is 153 Å². The zero-order chi connectivity index (χ0) is 18.4. The Morgan fingerprint density at radius 1 is 1.12 bits per heavy atom. The molecule has 0 aliphatic carbocycles. The lowest BCUT2D eigenvalue weighted by atomic mass is 10.0. The second-order valence-corrected chi connectivity index (χ2v) is 6.80. The van der Waals surface area contributed by atoms with Gasteiger partial charge in [0, 0.05) is 19.6 Å². The molecule has 2 saturated heterocycles. The molecule has 0 saturated carbocycles. The maximum absolute atomic E-state index is 13.3. The molecule has 2 fully saturated rings. The molecule has 0 spiro atoms. The van der Waals surface area contributed by atoms with Crippen LogP contribution in [0.25, 0.3) is 0 Å². The number of amides is 2. The predicted octanol–water partition coefficient (Wildman–Crippen LogP) is 2.31. The number of likely N-dealkylation sites (tertiary alicyclic amines) is 1. The first-order valence-corrected chi connectivity index (χ1v) is 9.34. The number of nitrogens with one attached hydrogen (secondary N) is 1. The highest BCUT2D eigenvalue weighted by Gasteiger charge is 2.29. The third kappa shape index (κ3) is 4.72. The number of nitrogens with zero attached hydrogens (tertiary/aromatic N) is 2. The summed E-state index contributed by atoms with van der Waals surface area (Å²) in [4.78, 5) is 28.3. The van der Waals surface area contributed by atoms with Crippen molar-refractivity contribution in [2.24, 2.45) is 0 Å². The largest absolute Gasteiger partial charge is 0.449 e. The smallest absolute Gasteiger partial charge is 0.409 e. The summed E-state index contributed by atoms with van der Waals surface area (Å²) in [5, 5.41) is 2.94. The average Bonchev–Trinajstić information content (AvgIpc) is 2.66. The van der Waals surface area contributed by atoms with Crippen LogP contribution in [0.4, 0.5) is 9.18 Å². The van der Waals surface area contributed by atoms with Crippen LogP contribution in [0.5, 0.6) is 0 Å². The lowest BCUT2D eigenvalue weighted by Gasteiger charge is -2.34. The second kappa shape index (κ2) is 8.98. The summed E-state index contributed by atoms with van der Waals surface area (Å²) < 4.78 is 18.3. The maximum Gasteiger partial charge on any atom is 0.409 e. The SMILES string of the molecule is O=C(NCCN1CCCOC1=O)[C@H](c1ccc(F)cc1)N1CCCCC1. The van der Waals surface area contributed by atoms with Gasteiger partial charge in [-0.05, 0) is 50.0 Å². The van der Waals surface area contributed by atoms with E-state index in [-0.39, 0.29) is 17.8 Å². The fourth-order valence-electron chi connectivity index (χ4n) is 3.56. The molecule has 1 atom stereocenters. The molecule has 2 heterocycles. The molecule has 6 nitrogen and oxygen atoms in total. The van der Waals surface area contributed by atoms with Gasteiger partial charge in [-0.15, -0.1) is 0 Å². The maximum atomic E-state index is 13.3. The third-order valence-electron chi connectivity index (χ3n) is 4.93. The molecular weight excluding hydrogens is 337 g/mol. The van der Waals surface area contributed by atoms with Crippen molar-refractivity contribution in [3.8, 4) is 0 Å². The molecule has 142 valence electrons. The molecule has 2 amide bonds. The van der Waals surface area contributed by atoms with E-state index in [1.807, 2.05) is 0 Å². The Bertz CT molecular complexity index is 617. The monoisotopic (exact) mass is 363 g/mol. The number of rotatable bonds is 6. The minimum atomic E-state index is -0.427. The highest BCUT2D eigenvalue weighted by molar-refractivity contribution is 5.83. The van der Waals surface area contributed by atoms with E-state index in [1.165, 1.54) is 18.6 Å². The van der Waals surface area contributed by atoms with Crippen LogP contribution in [0.2, 0.25) is 0 Å². The van der Waals surface area contributed by atoms with Crippen molar-refractivity contribution < 1.29 is 18.7 Å². The average molecular weight is 363 g/mol. The lowest BCUT2D eigenvalue weighted by molar-refractivity contribution is -0.127. The van der Waals surface area contributed by atoms with E-state index in [9.17, 15) is 14.0 Å². The first-order valence-electron chi connectivity index (χ1n) is 9.34. The highest BCUT2D eigenvalue weighted by Crippen LogP contribution is 2.25. The normalized spacial score (nSPS) is 19.7. The van der Waals surface area contributed by atoms with Crippen molar-refractivity contribution in [1.82, 2.24) is 15.1 Å². The quantitative estimate of drug-likeness (QED) is 0.843. The summed E-state index contributed by atoms with van der Waals surface area (Å²) in [6.45, 7) is 3.63. The molecule has 0 bridgehead atoms. The van der Waals surface area contributed by atoms with Crippen LogP contribution in [-0.2, 0) is 9.53 Å². The predicted molar refractivity (Wildman–Crippen MR) is 95.1 cm³/mol. The number of hydrogen-bond acceptors (Lipinski definition) is 4. The molecule has 1 aromatic rings. The summed E-state index contributed by atoms with van der Waals surface area (Å²) in [6, 6.07) is 5.71. The molecule has 7 heteroatoms. The van der Waals surface area contributed by atoms with Gasteiger partial charge in [0.25, 0.3) is 0 Å². The van der Waals surface area contributed by atoms with Crippen LogP contribution >= 0.6 is 0 Å². The Balaban J connectivity index is 1.62. The van der Waals surface area contributed by atoms with E-state index in [0.29, 0.717) is 26.2 Å². The zero-order valence-corrected chi connectivity index (χ0v) is 15.0. The van der Waals surface area contributed by atoms with E-state index < -0.39 is 6.04 Å². The van der Waals surface area contributed by atoms with Crippen molar-refractivity contribution in [3.05, 3.63) is 35.6 Å². The van der Waals surface area contributed by atoms with Gasteiger partial charge in [0.2, 0.25) is 5.91 Å². The molecule has 0 radical (unpaired) electrons. The molecule has 2 aliphatic rings. The fourth-order valence-corrected chi connectivity index (χ4v) is 3.56. The van der Waals surface area contributed by atoms with E-state index in [4.69, 9.17) is 4.74 Å². The minimum Gasteiger partial charge on any atom is -0.449 e. The first kappa shape index (κ1) is 18.6. The molecule has 1 aromatic carbocycles. The number of benzene rings is 1. The summed E-state index contributed by atoms with van der Waals surface area (Å²) in [5.74, 6) is -0.418. The van der Waals surface area contributed by atoms with Crippen LogP contribution in [0.3, 0.4) is 0 Å². The van der Waals surface area contributed by atoms with Crippen LogP contribution in [0.15, 0.2) is 24.3 Å². The molecule has 0 aromatic heterocycles. The van der Waals surface area contributed by atoms with Crippen LogP contribution in [0, 0.1) is 5.82 Å². The van der Waals surface area contributed by atoms with Crippen molar-refractivity contribution in [2.75, 3.05) is 39.3 Å². The first-order chi connectivity index (χ1) is 12.6. The van der Waals surface area contributed by atoms with Gasteiger partial charge in [-0.25, -0.2) is 9.18 Å². The Morgan fingerprint density at radius 2 is 1.85 bits per heavy atom. The van der Waals surface area contributed by atoms with Gasteiger partial charge in [-0.2, -0.15) is 0 Å². The lowest BCUT2D eigenvalue weighted by Crippen LogP contribution is -2.46. The van der Waals surface area contributed by atoms with Gasteiger partial charge in [0.1, 0.15) is 11.9 Å². The summed E-state index contributed by atoms with van der Waals surface area (Å²) >= 11 is 0. The van der Waals surface area contributed by atoms with Gasteiger partial charge in [-0.3, -0.25) is 9.69 Å². The standard InChI is InChI=1S/C19H26FN3O3/c20-16-7-5-15(6-8-16)17(22-10-2-1-3-11-22)18(24)21-9-13-23-12-4-14-26-19(23)25/h5-8,17H,1-4,9-14H2,(H,21,24)/t17-/m0/s1. The number of ether oxygens (including phenoxy) is 1. The number of carbonyl (C=O) groups is 2. The summed E-state index contributed by atoms with van der Waals surface area (Å²) in [7, 11) is 0. The minimum absolute atomic E-state index is 0.108. The molecular formula is C19H26FN3O3. The van der Waals surface area contributed by atoms with E-state index in [1.54, 1.807) is 17.0 Å². The van der Waals surface area contributed by atoms with Gasteiger partial charge in [0.05, 0.1) is 6.61 Å². The number of carbonyl (C=O) groups excluding carboxylic acids is 2. The van der Waals surface area contributed by atoms with E-state index >= 15 is 0 Å². The second-order valence-electron chi connectivity index (χ2n) is 6.80. The molecule has 26 heavy (non-hydrogen) atoms. The molecule has 3 rings (SSSR count). The van der Waals surface area contributed by atoms with Gasteiger partial charge in [-0.1, -0.05) is 18.6 Å². The van der Waals surface area contributed by atoms with Gasteiger partial charge in [0.15, 0.2) is 0 Å². The fraction of sp³-hybridized carbons (Fsp3) is 0.579. The number of hydrogen-bond donors (Lipinski definition) is 1. The summed E-state index contributed by atoms with van der Waals surface area (Å²) in [6.07, 6.45) is 3.78. The third-order valence-corrected chi connectivity index (χ3v) is 4.93. The topological polar surface area (TPSA) is 61.9 Å². The van der Waals surface area contributed by atoms with Crippen LogP contribution in [0.1, 0.15) is 37.3 Å². The Hall–Kier alpha value is -2.15. The van der Waals surface area contributed by atoms with Crippen LogP contribution < -0.4 is 5.32 Å². The Morgan fingerprint density at radius 3 is 2.54 bits per heavy atom. The van der Waals surface area contributed by atoms with Crippen LogP contribution in [-0.4, -0.2) is 61.1 Å². The van der Waals surface area contributed by atoms with E-state index in [2.05, 4.69) is 10.2 Å². The Kier molecular flexibility index (Phi) is 6.44. The zero-order valence-electron chi connectivity index (χ0n) is 15.0. The van der Waals surface area contributed by atoms with Crippen molar-refractivity contribution in [3.63, 3.8) is 0 Å². The van der Waals surface area contributed by atoms with E-state index in [0.717, 1.165) is 37.9 Å². The molecule has 2 aliphatic heterocycles. The highest BCUT2D eigenvalue weighted by atomic mass is 19.1. The van der Waals surface area contributed by atoms with Crippen molar-refractivity contribution >= 4 is 12.0 Å². The van der Waals surface area contributed by atoms with Gasteiger partial charge < -0.3 is 15.0 Å². The number of halogens is 1. The van der Waals surface area contributed by atoms with Crippen molar-refractivity contribution in [1.29, 1.82) is 0 Å². The number of cyclic esters (lactones) is 1. The molecule has 1 N–H and O–H groups in total. The summed E-state index contributed by atoms with van der Waals surface area (Å²) in [5.41, 5.74) is 0.795.